The lowest BCUT2D eigenvalue weighted by Gasteiger charge is -2.30. The quantitative estimate of drug-likeness (QED) is 0.636. The van der Waals surface area contributed by atoms with Gasteiger partial charge in [0.25, 0.3) is 0 Å². The van der Waals surface area contributed by atoms with Gasteiger partial charge in [0, 0.05) is 35.3 Å². The number of aromatic hydroxyl groups is 1. The fraction of sp³-hybridized carbons (Fsp3) is 0.238. The maximum absolute atomic E-state index is 13.3. The van der Waals surface area contributed by atoms with Crippen molar-refractivity contribution in [2.24, 2.45) is 5.92 Å². The maximum Gasteiger partial charge on any atom is 0.242 e. The number of phenolic OH excluding ortho intramolecular Hbond substituents is 1. The Labute approximate surface area is 166 Å². The molecule has 7 heteroatoms. The van der Waals surface area contributed by atoms with E-state index in [9.17, 15) is 9.90 Å². The van der Waals surface area contributed by atoms with Crippen molar-refractivity contribution in [3.63, 3.8) is 0 Å². The lowest BCUT2D eigenvalue weighted by atomic mass is 9.85. The number of carbonyl (C=O) groups excluding carboxylic acids is 1. The second kappa shape index (κ2) is 7.01. The number of amides is 1. The molecule has 0 saturated carbocycles. The lowest BCUT2D eigenvalue weighted by molar-refractivity contribution is -0.131. The van der Waals surface area contributed by atoms with Crippen molar-refractivity contribution in [1.82, 2.24) is 20.7 Å². The van der Waals surface area contributed by atoms with Crippen molar-refractivity contribution >= 4 is 17.2 Å². The summed E-state index contributed by atoms with van der Waals surface area (Å²) in [6.45, 7) is 0.511. The van der Waals surface area contributed by atoms with E-state index in [1.54, 1.807) is 29.8 Å². The van der Waals surface area contributed by atoms with Gasteiger partial charge in [-0.05, 0) is 29.1 Å². The Morgan fingerprint density at radius 3 is 2.68 bits per heavy atom. The highest BCUT2D eigenvalue weighted by molar-refractivity contribution is 7.10. The van der Waals surface area contributed by atoms with E-state index >= 15 is 0 Å². The molecule has 2 aliphatic heterocycles. The van der Waals surface area contributed by atoms with E-state index in [-0.39, 0.29) is 35.7 Å². The third kappa shape index (κ3) is 2.79. The van der Waals surface area contributed by atoms with Crippen molar-refractivity contribution in [2.75, 3.05) is 0 Å². The Hall–Kier alpha value is -2.74. The molecule has 2 aromatic heterocycles. The average Bonchev–Trinajstić information content (AvgIpc) is 3.43. The molecule has 142 valence electrons. The minimum absolute atomic E-state index is 0.0314. The zero-order valence-corrected chi connectivity index (χ0v) is 15.8. The Morgan fingerprint density at radius 2 is 1.93 bits per heavy atom. The average molecular weight is 392 g/mol. The van der Waals surface area contributed by atoms with Crippen molar-refractivity contribution in [3.05, 3.63) is 82.3 Å². The summed E-state index contributed by atoms with van der Waals surface area (Å²) in [5.74, 6) is 0.277. The Bertz CT molecular complexity index is 979. The summed E-state index contributed by atoms with van der Waals surface area (Å²) >= 11 is 1.66. The van der Waals surface area contributed by atoms with Gasteiger partial charge in [-0.25, -0.2) is 10.9 Å². The molecule has 3 aromatic rings. The van der Waals surface area contributed by atoms with E-state index in [2.05, 4.69) is 21.9 Å². The van der Waals surface area contributed by atoms with Gasteiger partial charge in [-0.15, -0.1) is 11.3 Å². The fourth-order valence-corrected chi connectivity index (χ4v) is 5.28. The molecule has 0 bridgehead atoms. The molecule has 0 aliphatic carbocycles. The van der Waals surface area contributed by atoms with Crippen molar-refractivity contribution in [2.45, 2.75) is 24.7 Å². The van der Waals surface area contributed by atoms with Gasteiger partial charge in [-0.1, -0.05) is 30.3 Å². The van der Waals surface area contributed by atoms with Gasteiger partial charge < -0.3 is 10.0 Å². The fourth-order valence-electron chi connectivity index (χ4n) is 4.38. The van der Waals surface area contributed by atoms with E-state index in [1.165, 1.54) is 0 Å². The number of benzene rings is 1. The first kappa shape index (κ1) is 17.4. The molecule has 3 N–H and O–H groups in total. The number of thiophene rings is 1. The molecule has 2 fully saturated rings. The number of phenols is 1. The number of hydrogen-bond donors (Lipinski definition) is 3. The van der Waals surface area contributed by atoms with Crippen LogP contribution in [0, 0.1) is 5.92 Å². The van der Waals surface area contributed by atoms with Gasteiger partial charge in [-0.3, -0.25) is 9.78 Å². The van der Waals surface area contributed by atoms with E-state index in [4.69, 9.17) is 0 Å². The van der Waals surface area contributed by atoms with Gasteiger partial charge in [0.1, 0.15) is 11.8 Å². The van der Waals surface area contributed by atoms with Gasteiger partial charge in [0.15, 0.2) is 0 Å². The summed E-state index contributed by atoms with van der Waals surface area (Å²) in [5.41, 5.74) is 8.26. The predicted octanol–water partition coefficient (Wildman–Crippen LogP) is 2.77. The third-order valence-corrected chi connectivity index (χ3v) is 6.54. The van der Waals surface area contributed by atoms with Gasteiger partial charge in [0.05, 0.1) is 12.1 Å². The smallest absolute Gasteiger partial charge is 0.242 e. The highest BCUT2D eigenvalue weighted by atomic mass is 32.1. The molecule has 4 atom stereocenters. The molecule has 2 saturated heterocycles. The number of nitrogens with one attached hydrogen (secondary N) is 2. The number of hydrazine groups is 1. The Balaban J connectivity index is 1.56. The van der Waals surface area contributed by atoms with E-state index < -0.39 is 0 Å². The van der Waals surface area contributed by atoms with Crippen LogP contribution in [0.25, 0.3) is 0 Å². The molecule has 5 rings (SSSR count). The van der Waals surface area contributed by atoms with Crippen LogP contribution in [-0.4, -0.2) is 26.9 Å². The number of rotatable bonds is 4. The van der Waals surface area contributed by atoms with Gasteiger partial charge in [0.2, 0.25) is 5.91 Å². The molecule has 6 nitrogen and oxygen atoms in total. The minimum Gasteiger partial charge on any atom is -0.508 e. The van der Waals surface area contributed by atoms with Crippen LogP contribution in [0.1, 0.15) is 28.1 Å². The number of likely N-dealkylation sites (tertiary alicyclic amines) is 1. The predicted molar refractivity (Wildman–Crippen MR) is 106 cm³/mol. The molecule has 0 radical (unpaired) electrons. The van der Waals surface area contributed by atoms with Crippen LogP contribution < -0.4 is 10.9 Å². The van der Waals surface area contributed by atoms with Gasteiger partial charge in [-0.2, -0.15) is 0 Å². The topological polar surface area (TPSA) is 77.5 Å². The Morgan fingerprint density at radius 1 is 1.07 bits per heavy atom. The molecular formula is C21H20N4O2S. The number of nitrogens with zero attached hydrogens (tertiary/aromatic N) is 2. The first-order valence-electron chi connectivity index (χ1n) is 9.26. The maximum atomic E-state index is 13.3. The highest BCUT2D eigenvalue weighted by Crippen LogP contribution is 2.49. The summed E-state index contributed by atoms with van der Waals surface area (Å²) < 4.78 is 0. The summed E-state index contributed by atoms with van der Waals surface area (Å²) in [5, 5.41) is 12.4. The van der Waals surface area contributed by atoms with Gasteiger partial charge >= 0.3 is 0 Å². The summed E-state index contributed by atoms with van der Waals surface area (Å²) in [7, 11) is 0. The number of hydrogen-bond acceptors (Lipinski definition) is 6. The Kier molecular flexibility index (Phi) is 4.35. The van der Waals surface area contributed by atoms with E-state index in [0.29, 0.717) is 6.54 Å². The molecule has 28 heavy (non-hydrogen) atoms. The minimum atomic E-state index is -0.339. The van der Waals surface area contributed by atoms with Crippen LogP contribution in [0.15, 0.2) is 66.3 Å². The van der Waals surface area contributed by atoms with Crippen LogP contribution in [0.2, 0.25) is 0 Å². The van der Waals surface area contributed by atoms with Crippen LogP contribution in [0.3, 0.4) is 0 Å². The van der Waals surface area contributed by atoms with Crippen molar-refractivity contribution in [1.29, 1.82) is 0 Å². The molecule has 0 spiro atoms. The molecule has 1 aromatic carbocycles. The first-order chi connectivity index (χ1) is 13.7. The molecule has 2 aliphatic rings. The second-order valence-electron chi connectivity index (χ2n) is 7.17. The van der Waals surface area contributed by atoms with E-state index in [1.807, 2.05) is 46.7 Å². The summed E-state index contributed by atoms with van der Waals surface area (Å²) in [4.78, 5) is 20.6. The highest BCUT2D eigenvalue weighted by Gasteiger charge is 2.56. The van der Waals surface area contributed by atoms with Crippen molar-refractivity contribution < 1.29 is 9.90 Å². The largest absolute Gasteiger partial charge is 0.508 e. The number of aromatic nitrogens is 1. The molecule has 4 unspecified atom stereocenters. The standard InChI is InChI=1S/C21H20N4O2S/c26-15-7-2-1-6-14(15)18-17-19(24-23-18)21(27)25(12-13-5-3-9-22-11-13)20(17)16-8-4-10-28-16/h1-11,17-20,23-24,26H,12H2. The normalized spacial score (nSPS) is 26.6. The number of pyridine rings is 1. The lowest BCUT2D eigenvalue weighted by Crippen LogP contribution is -2.41. The van der Waals surface area contributed by atoms with E-state index in [0.717, 1.165) is 16.0 Å². The third-order valence-electron chi connectivity index (χ3n) is 5.60. The van der Waals surface area contributed by atoms with Crippen molar-refractivity contribution in [3.8, 4) is 5.75 Å². The molecular weight excluding hydrogens is 372 g/mol. The number of carbonyl (C=O) groups is 1. The summed E-state index contributed by atoms with van der Waals surface area (Å²) in [6.07, 6.45) is 3.54. The monoisotopic (exact) mass is 392 g/mol. The zero-order chi connectivity index (χ0) is 19.1. The molecule has 4 heterocycles. The van der Waals surface area contributed by atoms with Crippen LogP contribution in [0.4, 0.5) is 0 Å². The molecule has 1 amide bonds. The number of para-hydroxylation sites is 1. The van der Waals surface area contributed by atoms with Crippen LogP contribution >= 0.6 is 11.3 Å². The van der Waals surface area contributed by atoms with Crippen LogP contribution in [0.5, 0.6) is 5.75 Å². The first-order valence-corrected chi connectivity index (χ1v) is 10.1. The second-order valence-corrected chi connectivity index (χ2v) is 8.15. The summed E-state index contributed by atoms with van der Waals surface area (Å²) in [6, 6.07) is 14.7. The SMILES string of the molecule is O=C1C2NNC(c3ccccc3O)C2C(c2cccs2)N1Cc1cccnc1. The number of fused-ring (bicyclic) bond motifs is 1. The van der Waals surface area contributed by atoms with Crippen LogP contribution in [-0.2, 0) is 11.3 Å². The zero-order valence-electron chi connectivity index (χ0n) is 15.0.